The number of carbonyl (C=O) groups is 1. The van der Waals surface area contributed by atoms with Crippen LogP contribution >= 0.6 is 24.0 Å². The quantitative estimate of drug-likeness (QED) is 0.681. The lowest BCUT2D eigenvalue weighted by atomic mass is 10.1. The molecule has 0 aliphatic carbocycles. The molecule has 0 saturated carbocycles. The van der Waals surface area contributed by atoms with Crippen LogP contribution in [0.4, 0.5) is 5.69 Å². The van der Waals surface area contributed by atoms with Gasteiger partial charge in [0.2, 0.25) is 0 Å². The Morgan fingerprint density at radius 1 is 1.07 bits per heavy atom. The zero-order valence-electron chi connectivity index (χ0n) is 14.4. The van der Waals surface area contributed by atoms with Crippen LogP contribution in [0.25, 0.3) is 0 Å². The minimum atomic E-state index is -3.82. The molecule has 27 heavy (non-hydrogen) atoms. The molecule has 1 aliphatic heterocycles. The Balaban J connectivity index is 0.00000261. The molecule has 1 amide bonds. The number of carbonyl (C=O) groups excluding carboxylic acids is 1. The molecule has 3 N–H and O–H groups in total. The molecule has 9 heteroatoms. The van der Waals surface area contributed by atoms with Gasteiger partial charge in [0.05, 0.1) is 10.6 Å². The van der Waals surface area contributed by atoms with Crippen LogP contribution in [0.2, 0.25) is 5.02 Å². The van der Waals surface area contributed by atoms with E-state index in [0.29, 0.717) is 16.3 Å². The van der Waals surface area contributed by atoms with Gasteiger partial charge in [-0.1, -0.05) is 23.7 Å². The van der Waals surface area contributed by atoms with E-state index in [1.807, 2.05) is 0 Å². The van der Waals surface area contributed by atoms with Crippen molar-refractivity contribution >= 4 is 45.6 Å². The first kappa shape index (κ1) is 21.5. The van der Waals surface area contributed by atoms with E-state index >= 15 is 0 Å². The average molecular weight is 430 g/mol. The van der Waals surface area contributed by atoms with Gasteiger partial charge in [0.25, 0.3) is 15.9 Å². The minimum Gasteiger partial charge on any atom is -0.349 e. The highest BCUT2D eigenvalue weighted by Crippen LogP contribution is 2.20. The van der Waals surface area contributed by atoms with Gasteiger partial charge in [0.1, 0.15) is 0 Å². The van der Waals surface area contributed by atoms with E-state index in [1.165, 1.54) is 18.2 Å². The molecule has 0 atom stereocenters. The molecular weight excluding hydrogens is 409 g/mol. The van der Waals surface area contributed by atoms with E-state index in [-0.39, 0.29) is 29.3 Å². The second-order valence-electron chi connectivity index (χ2n) is 6.14. The molecule has 0 radical (unpaired) electrons. The van der Waals surface area contributed by atoms with Crippen LogP contribution in [0.15, 0.2) is 53.4 Å². The fraction of sp³-hybridized carbons (Fsp3) is 0.278. The van der Waals surface area contributed by atoms with Gasteiger partial charge in [-0.05, 0) is 62.3 Å². The van der Waals surface area contributed by atoms with Crippen molar-refractivity contribution in [1.29, 1.82) is 0 Å². The van der Waals surface area contributed by atoms with Crippen LogP contribution < -0.4 is 15.4 Å². The molecule has 1 aliphatic rings. The summed E-state index contributed by atoms with van der Waals surface area (Å²) in [5.41, 5.74) is 0.680. The number of sulfonamides is 1. The van der Waals surface area contributed by atoms with Gasteiger partial charge in [-0.3, -0.25) is 9.52 Å². The molecule has 3 rings (SSSR count). The standard InChI is InChI=1S/C18H20ClN3O3S.ClH/c19-14-4-2-5-16(12-14)22-26(24,25)17-6-1-3-13(11-17)18(23)21-15-7-9-20-10-8-15;/h1-6,11-12,15,20,22H,7-10H2,(H,21,23);1H. The SMILES string of the molecule is Cl.O=C(NC1CCNCC1)c1cccc(S(=O)(=O)Nc2cccc(Cl)c2)c1. The van der Waals surface area contributed by atoms with Crippen molar-refractivity contribution in [2.75, 3.05) is 17.8 Å². The van der Waals surface area contributed by atoms with Crippen LogP contribution in [0.3, 0.4) is 0 Å². The lowest BCUT2D eigenvalue weighted by Crippen LogP contribution is -2.42. The zero-order chi connectivity index (χ0) is 18.6. The van der Waals surface area contributed by atoms with Crippen LogP contribution in [0, 0.1) is 0 Å². The Morgan fingerprint density at radius 3 is 2.48 bits per heavy atom. The Labute approximate surface area is 170 Å². The van der Waals surface area contributed by atoms with Crippen molar-refractivity contribution in [3.05, 3.63) is 59.1 Å². The largest absolute Gasteiger partial charge is 0.349 e. The zero-order valence-corrected chi connectivity index (χ0v) is 16.8. The van der Waals surface area contributed by atoms with Gasteiger partial charge < -0.3 is 10.6 Å². The van der Waals surface area contributed by atoms with Gasteiger partial charge in [-0.25, -0.2) is 8.42 Å². The van der Waals surface area contributed by atoms with E-state index in [1.54, 1.807) is 30.3 Å². The Hall–Kier alpha value is -1.80. The van der Waals surface area contributed by atoms with E-state index in [0.717, 1.165) is 25.9 Å². The number of halogens is 2. The molecule has 0 unspecified atom stereocenters. The summed E-state index contributed by atoms with van der Waals surface area (Å²) in [4.78, 5) is 12.5. The van der Waals surface area contributed by atoms with Gasteiger partial charge >= 0.3 is 0 Å². The number of piperidine rings is 1. The molecule has 146 valence electrons. The van der Waals surface area contributed by atoms with Gasteiger partial charge in [-0.2, -0.15) is 0 Å². The molecule has 2 aromatic rings. The Morgan fingerprint density at radius 2 is 1.78 bits per heavy atom. The predicted octanol–water partition coefficient (Wildman–Crippen LogP) is 3.04. The highest BCUT2D eigenvalue weighted by atomic mass is 35.5. The first-order chi connectivity index (χ1) is 12.4. The number of rotatable bonds is 5. The van der Waals surface area contributed by atoms with Gasteiger partial charge in [-0.15, -0.1) is 12.4 Å². The van der Waals surface area contributed by atoms with Crippen LogP contribution in [0.5, 0.6) is 0 Å². The normalized spacial score (nSPS) is 14.9. The molecular formula is C18H21Cl2N3O3S. The average Bonchev–Trinajstić information content (AvgIpc) is 2.62. The third-order valence-corrected chi connectivity index (χ3v) is 5.77. The van der Waals surface area contributed by atoms with Crippen LogP contribution in [0.1, 0.15) is 23.2 Å². The maximum Gasteiger partial charge on any atom is 0.261 e. The summed E-state index contributed by atoms with van der Waals surface area (Å²) >= 11 is 5.89. The Kier molecular flexibility index (Phi) is 7.49. The number of benzene rings is 2. The highest BCUT2D eigenvalue weighted by Gasteiger charge is 2.19. The molecule has 0 spiro atoms. The number of anilines is 1. The van der Waals surface area contributed by atoms with Gasteiger partial charge in [0, 0.05) is 16.6 Å². The number of hydrogen-bond acceptors (Lipinski definition) is 4. The molecule has 6 nitrogen and oxygen atoms in total. The second-order valence-corrected chi connectivity index (χ2v) is 8.26. The van der Waals surface area contributed by atoms with Gasteiger partial charge in [0.15, 0.2) is 0 Å². The summed E-state index contributed by atoms with van der Waals surface area (Å²) in [6, 6.07) is 12.5. The van der Waals surface area contributed by atoms with Crippen molar-refractivity contribution < 1.29 is 13.2 Å². The summed E-state index contributed by atoms with van der Waals surface area (Å²) in [5.74, 6) is -0.267. The summed E-state index contributed by atoms with van der Waals surface area (Å²) in [6.07, 6.45) is 1.72. The van der Waals surface area contributed by atoms with Crippen molar-refractivity contribution in [1.82, 2.24) is 10.6 Å². The van der Waals surface area contributed by atoms with E-state index in [2.05, 4.69) is 15.4 Å². The third-order valence-electron chi connectivity index (χ3n) is 4.16. The molecule has 1 fully saturated rings. The van der Waals surface area contributed by atoms with Crippen molar-refractivity contribution in [2.45, 2.75) is 23.8 Å². The maximum atomic E-state index is 12.6. The summed E-state index contributed by atoms with van der Waals surface area (Å²) in [6.45, 7) is 1.73. The smallest absolute Gasteiger partial charge is 0.261 e. The molecule has 0 bridgehead atoms. The summed E-state index contributed by atoms with van der Waals surface area (Å²) in [7, 11) is -3.82. The van der Waals surface area contributed by atoms with Crippen molar-refractivity contribution in [3.63, 3.8) is 0 Å². The maximum absolute atomic E-state index is 12.6. The van der Waals surface area contributed by atoms with Crippen LogP contribution in [-0.4, -0.2) is 33.5 Å². The molecule has 1 heterocycles. The van der Waals surface area contributed by atoms with E-state index < -0.39 is 10.0 Å². The molecule has 1 saturated heterocycles. The fourth-order valence-corrected chi connectivity index (χ4v) is 4.09. The van der Waals surface area contributed by atoms with Crippen LogP contribution in [-0.2, 0) is 10.0 Å². The van der Waals surface area contributed by atoms with E-state index in [9.17, 15) is 13.2 Å². The summed E-state index contributed by atoms with van der Waals surface area (Å²) in [5, 5.41) is 6.63. The summed E-state index contributed by atoms with van der Waals surface area (Å²) < 4.78 is 27.6. The lowest BCUT2D eigenvalue weighted by molar-refractivity contribution is 0.0929. The number of nitrogens with one attached hydrogen (secondary N) is 3. The van der Waals surface area contributed by atoms with Crippen molar-refractivity contribution in [3.8, 4) is 0 Å². The first-order valence-electron chi connectivity index (χ1n) is 8.34. The number of hydrogen-bond donors (Lipinski definition) is 3. The van der Waals surface area contributed by atoms with Crippen molar-refractivity contribution in [2.24, 2.45) is 0 Å². The predicted molar refractivity (Wildman–Crippen MR) is 109 cm³/mol. The van der Waals surface area contributed by atoms with E-state index in [4.69, 9.17) is 11.6 Å². The third kappa shape index (κ3) is 5.84. The molecule has 2 aromatic carbocycles. The minimum absolute atomic E-state index is 0. The first-order valence-corrected chi connectivity index (χ1v) is 10.2. The Bertz CT molecular complexity index is 900. The monoisotopic (exact) mass is 429 g/mol. The second kappa shape index (κ2) is 9.41. The lowest BCUT2D eigenvalue weighted by Gasteiger charge is -2.23. The molecule has 0 aromatic heterocycles. The number of amides is 1. The highest BCUT2D eigenvalue weighted by molar-refractivity contribution is 7.92. The fourth-order valence-electron chi connectivity index (χ4n) is 2.81. The topological polar surface area (TPSA) is 87.3 Å².